The van der Waals surface area contributed by atoms with Gasteiger partial charge in [0.2, 0.25) is 0 Å². The summed E-state index contributed by atoms with van der Waals surface area (Å²) in [5.74, 6) is 0. The van der Waals surface area contributed by atoms with Crippen molar-refractivity contribution in [2.75, 3.05) is 0 Å². The van der Waals surface area contributed by atoms with Gasteiger partial charge in [0.15, 0.2) is 0 Å². The Morgan fingerprint density at radius 1 is 0.933 bits per heavy atom. The quantitative estimate of drug-likeness (QED) is 0.601. The van der Waals surface area contributed by atoms with Crippen LogP contribution in [0.25, 0.3) is 0 Å². The van der Waals surface area contributed by atoms with Crippen molar-refractivity contribution in [3.63, 3.8) is 0 Å². The van der Waals surface area contributed by atoms with Crippen molar-refractivity contribution in [3.8, 4) is 0 Å². The van der Waals surface area contributed by atoms with Crippen LogP contribution in [0.3, 0.4) is 0 Å². The van der Waals surface area contributed by atoms with E-state index in [2.05, 4.69) is 59.7 Å². The fourth-order valence-electron chi connectivity index (χ4n) is 1.95. The molecule has 0 spiro atoms. The van der Waals surface area contributed by atoms with Crippen LogP contribution in [0, 0.1) is 13.8 Å². The summed E-state index contributed by atoms with van der Waals surface area (Å²) >= 11 is 0. The minimum absolute atomic E-state index is 0.222. The van der Waals surface area contributed by atoms with Gasteiger partial charge in [-0.3, -0.25) is 0 Å². The molecule has 1 aromatic heterocycles. The maximum atomic E-state index is 2.49. The van der Waals surface area contributed by atoms with E-state index < -0.39 is 0 Å². The molecular weight excluding hydrogens is 201 g/mol. The largest absolute Gasteiger partial charge is 0.323 e. The van der Waals surface area contributed by atoms with Crippen LogP contribution < -0.4 is 0 Å². The molecule has 15 heavy (non-hydrogen) atoms. The molecule has 0 saturated carbocycles. The molecule has 2 heteroatoms. The van der Waals surface area contributed by atoms with E-state index in [-0.39, 0.29) is 11.0 Å². The highest BCUT2D eigenvalue weighted by Crippen LogP contribution is 2.39. The van der Waals surface area contributed by atoms with Crippen LogP contribution in [0.2, 0.25) is 0 Å². The first-order chi connectivity index (χ1) is 6.55. The summed E-state index contributed by atoms with van der Waals surface area (Å²) in [6, 6.07) is 0. The minimum Gasteiger partial charge on any atom is -0.323 e. The van der Waals surface area contributed by atoms with Crippen molar-refractivity contribution in [2.24, 2.45) is 0 Å². The second-order valence-electron chi connectivity index (χ2n) is 6.39. The minimum atomic E-state index is 0.222. The Balaban J connectivity index is 3.38. The van der Waals surface area contributed by atoms with Gasteiger partial charge in [-0.25, -0.2) is 0 Å². The van der Waals surface area contributed by atoms with E-state index >= 15 is 0 Å². The van der Waals surface area contributed by atoms with Gasteiger partial charge in [-0.15, -0.1) is 0 Å². The molecule has 1 heterocycles. The zero-order valence-corrected chi connectivity index (χ0v) is 12.3. The van der Waals surface area contributed by atoms with Crippen LogP contribution in [0.5, 0.6) is 0 Å². The monoisotopic (exact) mass is 225 g/mol. The molecule has 1 aromatic rings. The van der Waals surface area contributed by atoms with Gasteiger partial charge >= 0.3 is 0 Å². The highest BCUT2D eigenvalue weighted by molar-refractivity contribution is 7.27. The van der Waals surface area contributed by atoms with Gasteiger partial charge in [0.05, 0.1) is 0 Å². The molecule has 0 aliphatic heterocycles. The lowest BCUT2D eigenvalue weighted by molar-refractivity contribution is 0.421. The van der Waals surface area contributed by atoms with Gasteiger partial charge in [0.1, 0.15) is 0 Å². The summed E-state index contributed by atoms with van der Waals surface area (Å²) in [5.41, 5.74) is 3.43. The van der Waals surface area contributed by atoms with Crippen LogP contribution in [0.15, 0.2) is 0 Å². The Labute approximate surface area is 96.1 Å². The Morgan fingerprint density at radius 2 is 1.40 bits per heavy atom. The van der Waals surface area contributed by atoms with Crippen molar-refractivity contribution in [2.45, 2.75) is 66.3 Å². The second-order valence-corrected chi connectivity index (χ2v) is 7.44. The van der Waals surface area contributed by atoms with Crippen LogP contribution in [-0.4, -0.2) is 4.33 Å². The Bertz CT molecular complexity index is 327. The fourth-order valence-corrected chi connectivity index (χ4v) is 3.36. The van der Waals surface area contributed by atoms with Crippen molar-refractivity contribution in [1.82, 2.24) is 4.33 Å². The van der Waals surface area contributed by atoms with Crippen LogP contribution in [0.1, 0.15) is 58.1 Å². The topological polar surface area (TPSA) is 4.93 Å². The van der Waals surface area contributed by atoms with E-state index in [1.165, 1.54) is 19.6 Å². The first-order valence-corrected chi connectivity index (χ1v) is 6.47. The van der Waals surface area contributed by atoms with E-state index in [0.29, 0.717) is 0 Å². The van der Waals surface area contributed by atoms with Crippen molar-refractivity contribution in [3.05, 3.63) is 16.6 Å². The predicted molar refractivity (Wildman–Crippen MR) is 70.1 cm³/mol. The Morgan fingerprint density at radius 3 is 1.60 bits per heavy atom. The molecule has 0 saturated heterocycles. The summed E-state index contributed by atoms with van der Waals surface area (Å²) in [4.78, 5) is 0. The van der Waals surface area contributed by atoms with Crippen molar-refractivity contribution < 1.29 is 0 Å². The molecule has 0 radical (unpaired) electrons. The van der Waals surface area contributed by atoms with E-state index in [1.54, 1.807) is 5.30 Å². The molecule has 0 aliphatic rings. The van der Waals surface area contributed by atoms with E-state index in [4.69, 9.17) is 0 Å². The molecule has 0 aromatic carbocycles. The number of aromatic nitrogens is 1. The van der Waals surface area contributed by atoms with E-state index in [0.717, 1.165) is 0 Å². The second kappa shape index (κ2) is 3.63. The standard InChI is InChI=1S/C13H24NP/c1-9-10(2)14(13(6,7)8)15-11(9)12(3,4)5/h1-8H3. The third kappa shape index (κ3) is 2.45. The maximum Gasteiger partial charge on any atom is 0.0399 e. The normalized spacial score (nSPS) is 13.9. The zero-order chi connectivity index (χ0) is 12.0. The SMILES string of the molecule is Cc1c(C(C)(C)C)pn(C(C)(C)C)c1C. The highest BCUT2D eigenvalue weighted by Gasteiger charge is 2.25. The molecule has 0 unspecified atom stereocenters. The first-order valence-electron chi connectivity index (χ1n) is 5.62. The fraction of sp³-hybridized carbons (Fsp3) is 0.769. The predicted octanol–water partition coefficient (Wildman–Crippen LogP) is 4.74. The molecule has 1 rings (SSSR count). The van der Waals surface area contributed by atoms with Gasteiger partial charge < -0.3 is 4.33 Å². The number of hydrogen-bond donors (Lipinski definition) is 0. The van der Waals surface area contributed by atoms with Gasteiger partial charge in [-0.1, -0.05) is 20.8 Å². The van der Waals surface area contributed by atoms with Crippen LogP contribution in [-0.2, 0) is 11.0 Å². The lowest BCUT2D eigenvalue weighted by Crippen LogP contribution is -2.20. The van der Waals surface area contributed by atoms with Crippen LogP contribution in [0.4, 0.5) is 0 Å². The summed E-state index contributed by atoms with van der Waals surface area (Å²) in [5, 5.41) is 1.56. The van der Waals surface area contributed by atoms with Crippen molar-refractivity contribution in [1.29, 1.82) is 0 Å². The number of rotatable bonds is 0. The molecule has 0 atom stereocenters. The Hall–Kier alpha value is -0.290. The molecule has 1 nitrogen and oxygen atoms in total. The Kier molecular flexibility index (Phi) is 3.09. The third-order valence-electron chi connectivity index (χ3n) is 2.76. The number of hydrogen-bond acceptors (Lipinski definition) is 0. The number of nitrogens with zero attached hydrogens (tertiary/aromatic N) is 1. The van der Waals surface area contributed by atoms with Gasteiger partial charge in [-0.05, 0) is 45.6 Å². The van der Waals surface area contributed by atoms with Crippen molar-refractivity contribution >= 4 is 8.35 Å². The lowest BCUT2D eigenvalue weighted by atomic mass is 9.91. The maximum absolute atomic E-state index is 2.49. The molecular formula is C13H24NP. The molecule has 0 fully saturated rings. The van der Waals surface area contributed by atoms with E-state index in [9.17, 15) is 0 Å². The zero-order valence-electron chi connectivity index (χ0n) is 11.4. The molecule has 0 N–H and O–H groups in total. The lowest BCUT2D eigenvalue weighted by Gasteiger charge is -2.23. The highest BCUT2D eigenvalue weighted by atomic mass is 31.0. The molecule has 0 amide bonds. The van der Waals surface area contributed by atoms with E-state index in [1.807, 2.05) is 0 Å². The average Bonchev–Trinajstić information content (AvgIpc) is 2.26. The van der Waals surface area contributed by atoms with Gasteiger partial charge in [-0.2, -0.15) is 0 Å². The summed E-state index contributed by atoms with van der Waals surface area (Å²) in [7, 11) is 1.37. The van der Waals surface area contributed by atoms with Gasteiger partial charge in [0, 0.05) is 24.9 Å². The molecule has 86 valence electrons. The average molecular weight is 225 g/mol. The van der Waals surface area contributed by atoms with Crippen LogP contribution >= 0.6 is 8.35 Å². The van der Waals surface area contributed by atoms with Gasteiger partial charge in [0.25, 0.3) is 0 Å². The molecule has 0 aliphatic carbocycles. The summed E-state index contributed by atoms with van der Waals surface area (Å²) in [6.07, 6.45) is 0. The third-order valence-corrected chi connectivity index (χ3v) is 5.07. The first kappa shape index (κ1) is 12.8. The smallest absolute Gasteiger partial charge is 0.0399 e. The summed E-state index contributed by atoms with van der Waals surface area (Å²) in [6.45, 7) is 18.3. The molecule has 0 bridgehead atoms. The summed E-state index contributed by atoms with van der Waals surface area (Å²) < 4.78 is 2.49.